The number of anilines is 2. The summed E-state index contributed by atoms with van der Waals surface area (Å²) in [6.07, 6.45) is 3.37. The van der Waals surface area contributed by atoms with E-state index < -0.39 is 5.97 Å². The van der Waals surface area contributed by atoms with E-state index in [2.05, 4.69) is 40.2 Å². The number of carbonyl (C=O) groups excluding carboxylic acids is 2. The molecule has 2 unspecified atom stereocenters. The van der Waals surface area contributed by atoms with Gasteiger partial charge in [-0.25, -0.2) is 10.9 Å². The van der Waals surface area contributed by atoms with E-state index >= 15 is 0 Å². The molecule has 1 saturated heterocycles. The Bertz CT molecular complexity index is 1640. The second-order valence-corrected chi connectivity index (χ2v) is 13.9. The van der Waals surface area contributed by atoms with E-state index in [1.54, 1.807) is 0 Å². The fourth-order valence-electron chi connectivity index (χ4n) is 6.39. The van der Waals surface area contributed by atoms with Crippen molar-refractivity contribution in [2.24, 2.45) is 10.2 Å². The van der Waals surface area contributed by atoms with Crippen LogP contribution in [0.5, 0.6) is 23.0 Å². The number of nitrogens with one attached hydrogen (secondary N) is 3. The molecule has 15 nitrogen and oxygen atoms in total. The minimum Gasteiger partial charge on any atom is -0.487 e. The fourth-order valence-corrected chi connectivity index (χ4v) is 6.39. The number of amides is 2. The van der Waals surface area contributed by atoms with Crippen LogP contribution in [0.3, 0.4) is 0 Å². The molecular formula is C35H45N7O8. The minimum atomic E-state index is -0.833. The number of fused-ring (bicyclic) bond motifs is 6. The summed E-state index contributed by atoms with van der Waals surface area (Å²) in [5.74, 6) is 3.55. The van der Waals surface area contributed by atoms with E-state index in [0.717, 1.165) is 78.4 Å². The Labute approximate surface area is 290 Å². The standard InChI is InChI=1S/C17H21N3O3.C16H20N4O3.C2H4O2/c1-10-7-14-12(8-13(10)23-17(3)5-4-6-17)20-11(2)16(21)19-18-15(20)9-22-14;1-9-4-13-11(5-12(9)23-16(3)7-17-8-16)20-10(2)15(21)19-18-14(20)6-22-13;1-2(3)4/h7-8,11H,4-6,9H2,1-3H3,(H,19,21);4-5,10,17H,6-8H2,1-3H3,(H,19,21);1H3,(H,3,4). The number of amidine groups is 2. The van der Waals surface area contributed by atoms with Gasteiger partial charge >= 0.3 is 0 Å². The van der Waals surface area contributed by atoms with E-state index in [9.17, 15) is 9.59 Å². The quantitative estimate of drug-likeness (QED) is 0.371. The highest BCUT2D eigenvalue weighted by molar-refractivity contribution is 6.10. The van der Waals surface area contributed by atoms with Crippen LogP contribution >= 0.6 is 0 Å². The molecule has 1 aliphatic carbocycles. The molecule has 5 heterocycles. The summed E-state index contributed by atoms with van der Waals surface area (Å²) in [5.41, 5.74) is 8.56. The molecule has 0 bridgehead atoms. The Balaban J connectivity index is 0.000000156. The van der Waals surface area contributed by atoms with Gasteiger partial charge in [-0.05, 0) is 84.1 Å². The first-order valence-electron chi connectivity index (χ1n) is 16.8. The largest absolute Gasteiger partial charge is 0.487 e. The molecule has 5 aliphatic heterocycles. The Hall–Kier alpha value is -5.05. The molecule has 15 heteroatoms. The van der Waals surface area contributed by atoms with E-state index in [4.69, 9.17) is 28.8 Å². The van der Waals surface area contributed by atoms with Gasteiger partial charge in [0.2, 0.25) is 0 Å². The number of aliphatic carboxylic acids is 1. The van der Waals surface area contributed by atoms with Crippen LogP contribution in [0.4, 0.5) is 11.4 Å². The number of aryl methyl sites for hydroxylation is 2. The van der Waals surface area contributed by atoms with Crippen LogP contribution < -0.4 is 44.9 Å². The van der Waals surface area contributed by atoms with Gasteiger partial charge in [-0.15, -0.1) is 0 Å². The van der Waals surface area contributed by atoms with E-state index in [-0.39, 0.29) is 35.1 Å². The van der Waals surface area contributed by atoms with Crippen LogP contribution in [0, 0.1) is 13.8 Å². The van der Waals surface area contributed by atoms with Gasteiger partial charge < -0.3 is 39.2 Å². The van der Waals surface area contributed by atoms with Crippen molar-refractivity contribution in [1.82, 2.24) is 16.2 Å². The predicted molar refractivity (Wildman–Crippen MR) is 186 cm³/mol. The summed E-state index contributed by atoms with van der Waals surface area (Å²) in [4.78, 5) is 36.8. The number of ether oxygens (including phenoxy) is 4. The van der Waals surface area contributed by atoms with Gasteiger partial charge in [0.05, 0.1) is 11.4 Å². The van der Waals surface area contributed by atoms with Crippen molar-refractivity contribution in [3.8, 4) is 23.0 Å². The number of hydrogen-bond donors (Lipinski definition) is 4. The lowest BCUT2D eigenvalue weighted by Gasteiger charge is -2.41. The van der Waals surface area contributed by atoms with E-state index in [1.165, 1.54) is 6.42 Å². The zero-order chi connectivity index (χ0) is 36.0. The molecule has 2 aromatic carbocycles. The zero-order valence-corrected chi connectivity index (χ0v) is 29.5. The number of nitrogens with zero attached hydrogens (tertiary/aromatic N) is 4. The molecule has 2 aromatic rings. The maximum Gasteiger partial charge on any atom is 0.300 e. The third-order valence-electron chi connectivity index (χ3n) is 9.55. The van der Waals surface area contributed by atoms with Crippen molar-refractivity contribution >= 4 is 40.8 Å². The molecular weight excluding hydrogens is 646 g/mol. The fraction of sp³-hybridized carbons (Fsp3) is 0.514. The lowest BCUT2D eigenvalue weighted by Crippen LogP contribution is -2.61. The highest BCUT2D eigenvalue weighted by atomic mass is 16.5. The second kappa shape index (κ2) is 13.3. The van der Waals surface area contributed by atoms with Crippen LogP contribution in [0.25, 0.3) is 0 Å². The Morgan fingerprint density at radius 3 is 1.60 bits per heavy atom. The predicted octanol–water partition coefficient (Wildman–Crippen LogP) is 3.20. The summed E-state index contributed by atoms with van der Waals surface area (Å²) in [6.45, 7) is 15.4. The Morgan fingerprint density at radius 2 is 1.24 bits per heavy atom. The number of hydrogen-bond acceptors (Lipinski definition) is 12. The lowest BCUT2D eigenvalue weighted by molar-refractivity contribution is -0.134. The van der Waals surface area contributed by atoms with Crippen LogP contribution in [0.1, 0.15) is 65.0 Å². The molecule has 268 valence electrons. The topological polar surface area (TPSA) is 176 Å². The smallest absolute Gasteiger partial charge is 0.300 e. The average molecular weight is 692 g/mol. The van der Waals surface area contributed by atoms with Gasteiger partial charge in [-0.1, -0.05) is 0 Å². The molecule has 0 spiro atoms. The van der Waals surface area contributed by atoms with Crippen LogP contribution in [0.15, 0.2) is 34.5 Å². The third kappa shape index (κ3) is 6.86. The number of rotatable bonds is 4. The molecule has 8 rings (SSSR count). The summed E-state index contributed by atoms with van der Waals surface area (Å²) >= 11 is 0. The first-order chi connectivity index (χ1) is 23.7. The van der Waals surface area contributed by atoms with Gasteiger partial charge in [0.1, 0.15) is 59.5 Å². The highest BCUT2D eigenvalue weighted by Crippen LogP contribution is 2.44. The third-order valence-corrected chi connectivity index (χ3v) is 9.55. The van der Waals surface area contributed by atoms with Crippen molar-refractivity contribution in [1.29, 1.82) is 0 Å². The molecule has 50 heavy (non-hydrogen) atoms. The van der Waals surface area contributed by atoms with Crippen LogP contribution in [0.2, 0.25) is 0 Å². The molecule has 2 fully saturated rings. The van der Waals surface area contributed by atoms with Crippen molar-refractivity contribution in [3.63, 3.8) is 0 Å². The molecule has 0 aromatic heterocycles. The first kappa shape index (κ1) is 34.8. The minimum absolute atomic E-state index is 0.0731. The van der Waals surface area contributed by atoms with Crippen LogP contribution in [-0.2, 0) is 14.4 Å². The van der Waals surface area contributed by atoms with Crippen molar-refractivity contribution in [3.05, 3.63) is 35.4 Å². The number of hydrazone groups is 2. The van der Waals surface area contributed by atoms with Crippen molar-refractivity contribution in [2.45, 2.75) is 91.0 Å². The number of carboxylic acids is 1. The number of carbonyl (C=O) groups is 3. The van der Waals surface area contributed by atoms with E-state index in [1.807, 2.05) is 61.8 Å². The van der Waals surface area contributed by atoms with Crippen molar-refractivity contribution < 1.29 is 38.4 Å². The maximum atomic E-state index is 12.0. The Kier molecular flexibility index (Phi) is 9.29. The molecule has 1 saturated carbocycles. The molecule has 4 N–H and O–H groups in total. The lowest BCUT2D eigenvalue weighted by atomic mass is 9.82. The van der Waals surface area contributed by atoms with Crippen LogP contribution in [-0.4, -0.2) is 84.2 Å². The SMILES string of the molecule is CC(=O)O.Cc1cc2c(cc1OC1(C)CCC1)N1C(=NNC(=O)C1C)CO2.Cc1cc2c(cc1OC1(C)CNC1)N1C(=NNC(=O)C1C)CO2. The maximum absolute atomic E-state index is 12.0. The van der Waals surface area contributed by atoms with Gasteiger partial charge in [0.25, 0.3) is 17.8 Å². The Morgan fingerprint density at radius 1 is 0.820 bits per heavy atom. The summed E-state index contributed by atoms with van der Waals surface area (Å²) in [5, 5.41) is 18.9. The molecule has 2 amide bonds. The van der Waals surface area contributed by atoms with Gasteiger partial charge in [-0.2, -0.15) is 10.2 Å². The van der Waals surface area contributed by atoms with Gasteiger partial charge in [0, 0.05) is 32.1 Å². The highest BCUT2D eigenvalue weighted by Gasteiger charge is 2.39. The van der Waals surface area contributed by atoms with Crippen molar-refractivity contribution in [2.75, 3.05) is 36.1 Å². The second-order valence-electron chi connectivity index (χ2n) is 13.9. The molecule has 0 radical (unpaired) electrons. The van der Waals surface area contributed by atoms with Gasteiger partial charge in [0.15, 0.2) is 11.7 Å². The average Bonchev–Trinajstić information content (AvgIpc) is 3.03. The summed E-state index contributed by atoms with van der Waals surface area (Å²) in [7, 11) is 0. The van der Waals surface area contributed by atoms with Gasteiger partial charge in [-0.3, -0.25) is 14.4 Å². The first-order valence-corrected chi connectivity index (χ1v) is 16.8. The molecule has 2 atom stereocenters. The number of carboxylic acid groups (broad SMARTS) is 1. The summed E-state index contributed by atoms with van der Waals surface area (Å²) in [6, 6.07) is 7.25. The van der Waals surface area contributed by atoms with E-state index in [0.29, 0.717) is 24.9 Å². The summed E-state index contributed by atoms with van der Waals surface area (Å²) < 4.78 is 24.0. The molecule has 6 aliphatic rings. The number of benzene rings is 2. The normalized spacial score (nSPS) is 23.0. The monoisotopic (exact) mass is 691 g/mol. The zero-order valence-electron chi connectivity index (χ0n) is 29.5.